The molecule has 422 valence electrons. The number of ether oxygens (including phenoxy) is 2. The predicted octanol–water partition coefficient (Wildman–Crippen LogP) is 18.3. The first kappa shape index (κ1) is 66.6. The molecule has 0 aromatic heterocycles. The SMILES string of the molecule is CCCCCCCCCCCCCCCCCCOC(=O)CCc1cc(C)c(OP(O)(O)(O)c2c(C)cc(CCC(=O)OCCCCCCCCCCCCCCCCCC)cc2C(C)(C)C)c(C(C)(C)C)c1. The molecule has 2 aromatic rings. The van der Waals surface area contributed by atoms with Crippen molar-refractivity contribution < 1.29 is 38.3 Å². The Labute approximate surface area is 449 Å². The number of esters is 2. The molecule has 73 heavy (non-hydrogen) atoms. The van der Waals surface area contributed by atoms with Crippen LogP contribution in [0.25, 0.3) is 0 Å². The number of carbonyl (C=O) groups excluding carboxylic acids is 2. The summed E-state index contributed by atoms with van der Waals surface area (Å²) in [6, 6.07) is 7.50. The quantitative estimate of drug-likeness (QED) is 0.0341. The molecule has 0 aliphatic rings. The number of aryl methyl sites for hydroxylation is 4. The van der Waals surface area contributed by atoms with Crippen LogP contribution in [0.1, 0.15) is 307 Å². The molecule has 0 unspecified atom stereocenters. The van der Waals surface area contributed by atoms with Gasteiger partial charge in [0.2, 0.25) is 0 Å². The van der Waals surface area contributed by atoms with Crippen LogP contribution in [0.3, 0.4) is 0 Å². The first-order valence-electron chi connectivity index (χ1n) is 30.2. The zero-order chi connectivity index (χ0) is 54.0. The Kier molecular flexibility index (Phi) is 33.3. The second-order valence-corrected chi connectivity index (χ2v) is 26.6. The Hall–Kier alpha value is -2.51. The van der Waals surface area contributed by atoms with Crippen LogP contribution in [0.15, 0.2) is 24.3 Å². The van der Waals surface area contributed by atoms with E-state index in [9.17, 15) is 24.3 Å². The van der Waals surface area contributed by atoms with Crippen LogP contribution >= 0.6 is 7.51 Å². The molecule has 3 N–H and O–H groups in total. The molecule has 0 spiro atoms. The van der Waals surface area contributed by atoms with Crippen molar-refractivity contribution in [1.82, 2.24) is 0 Å². The van der Waals surface area contributed by atoms with E-state index < -0.39 is 18.3 Å². The summed E-state index contributed by atoms with van der Waals surface area (Å²) in [5.74, 6) is -0.258. The third kappa shape index (κ3) is 29.6. The Balaban J connectivity index is 1.86. The van der Waals surface area contributed by atoms with Crippen molar-refractivity contribution >= 4 is 24.8 Å². The Morgan fingerprint density at radius 2 is 0.712 bits per heavy atom. The molecule has 9 heteroatoms. The second kappa shape index (κ2) is 36.5. The van der Waals surface area contributed by atoms with Crippen molar-refractivity contribution in [2.75, 3.05) is 13.2 Å². The molecule has 2 rings (SSSR count). The zero-order valence-electron chi connectivity index (χ0n) is 49.0. The van der Waals surface area contributed by atoms with Gasteiger partial charge in [0.1, 0.15) is 0 Å². The Morgan fingerprint density at radius 1 is 0.425 bits per heavy atom. The summed E-state index contributed by atoms with van der Waals surface area (Å²) in [6.45, 7) is 20.9. The van der Waals surface area contributed by atoms with Gasteiger partial charge in [-0.25, -0.2) is 0 Å². The van der Waals surface area contributed by atoms with Gasteiger partial charge in [-0.1, -0.05) is 187 Å². The monoisotopic (exact) mass is 1040 g/mol. The molecule has 0 heterocycles. The molecule has 0 aliphatic heterocycles. The molecule has 2 aromatic carbocycles. The van der Waals surface area contributed by atoms with Gasteiger partial charge >= 0.3 is 264 Å². The maximum atomic E-state index is 12.8. The zero-order valence-corrected chi connectivity index (χ0v) is 49.9. The summed E-state index contributed by atoms with van der Waals surface area (Å²) in [6.07, 6.45) is 42.9. The van der Waals surface area contributed by atoms with Crippen molar-refractivity contribution in [2.45, 2.75) is 311 Å². The number of hydrogen-bond donors (Lipinski definition) is 3. The van der Waals surface area contributed by atoms with Gasteiger partial charge in [0.25, 0.3) is 0 Å². The molecule has 0 fully saturated rings. The van der Waals surface area contributed by atoms with E-state index in [1.165, 1.54) is 180 Å². The molecule has 0 saturated carbocycles. The van der Waals surface area contributed by atoms with Crippen LogP contribution in [0.2, 0.25) is 0 Å². The van der Waals surface area contributed by atoms with Crippen molar-refractivity contribution in [2.24, 2.45) is 0 Å². The normalized spacial score (nSPS) is 12.8. The Morgan fingerprint density at radius 3 is 1.03 bits per heavy atom. The first-order valence-corrected chi connectivity index (χ1v) is 32.3. The van der Waals surface area contributed by atoms with Crippen LogP contribution in [0.5, 0.6) is 5.75 Å². The van der Waals surface area contributed by atoms with Gasteiger partial charge in [-0.05, 0) is 0 Å². The summed E-state index contributed by atoms with van der Waals surface area (Å²) < 4.78 is 17.4. The van der Waals surface area contributed by atoms with E-state index in [1.54, 1.807) is 13.0 Å². The fraction of sp³-hybridized carbons (Fsp3) is 0.781. The Bertz CT molecular complexity index is 1800. The van der Waals surface area contributed by atoms with E-state index in [4.69, 9.17) is 14.0 Å². The van der Waals surface area contributed by atoms with Crippen molar-refractivity contribution in [3.8, 4) is 5.75 Å². The van der Waals surface area contributed by atoms with Crippen molar-refractivity contribution in [1.29, 1.82) is 0 Å². The standard InChI is InChI=1S/C64H113O8P/c1-11-13-15-17-19-21-23-25-27-29-31-33-35-37-39-41-47-70-59(65)45-43-55-49-53(3)61(57(51-55)63(5,6)7)72-73(67,68,69)62-54(4)50-56(52-58(62)64(8,9)10)44-46-60(66)71-48-42-40-38-36-34-32-30-28-26-24-22-20-18-16-14-12-2/h49-52,67-69H,11-48H2,1-10H3. The molecule has 0 radical (unpaired) electrons. The van der Waals surface area contributed by atoms with Gasteiger partial charge < -0.3 is 0 Å². The number of hydrogen-bond acceptors (Lipinski definition) is 8. The minimum atomic E-state index is -6.05. The van der Waals surface area contributed by atoms with Crippen LogP contribution < -0.4 is 9.83 Å². The van der Waals surface area contributed by atoms with E-state index >= 15 is 0 Å². The van der Waals surface area contributed by atoms with Crippen LogP contribution in [-0.2, 0) is 42.7 Å². The molecule has 0 amide bonds. The van der Waals surface area contributed by atoms with E-state index in [1.807, 2.05) is 66.7 Å². The van der Waals surface area contributed by atoms with Crippen LogP contribution in [-0.4, -0.2) is 39.8 Å². The topological polar surface area (TPSA) is 123 Å². The van der Waals surface area contributed by atoms with E-state index in [2.05, 4.69) is 13.8 Å². The minimum absolute atomic E-state index is 0.0243. The van der Waals surface area contributed by atoms with Gasteiger partial charge in [-0.3, -0.25) is 0 Å². The maximum absolute atomic E-state index is 12.8. The number of carbonyl (C=O) groups is 2. The second-order valence-electron chi connectivity index (χ2n) is 24.1. The van der Waals surface area contributed by atoms with Crippen LogP contribution in [0.4, 0.5) is 0 Å². The predicted molar refractivity (Wildman–Crippen MR) is 311 cm³/mol. The van der Waals surface area contributed by atoms with Gasteiger partial charge in [0.05, 0.1) is 0 Å². The van der Waals surface area contributed by atoms with E-state index in [0.29, 0.717) is 48.3 Å². The van der Waals surface area contributed by atoms with Crippen molar-refractivity contribution in [3.63, 3.8) is 0 Å². The van der Waals surface area contributed by atoms with Gasteiger partial charge in [0.15, 0.2) is 0 Å². The molecule has 0 aliphatic carbocycles. The van der Waals surface area contributed by atoms with Gasteiger partial charge in [-0.2, -0.15) is 0 Å². The summed E-state index contributed by atoms with van der Waals surface area (Å²) in [7, 11) is -6.05. The molecular weight excluding hydrogens is 928 g/mol. The molecular formula is C64H113O8P. The average Bonchev–Trinajstić information content (AvgIpc) is 3.31. The van der Waals surface area contributed by atoms with Crippen molar-refractivity contribution in [3.05, 3.63) is 57.6 Å². The summed E-state index contributed by atoms with van der Waals surface area (Å²) in [5, 5.41) is -0.0243. The fourth-order valence-electron chi connectivity index (χ4n) is 10.3. The average molecular weight is 1040 g/mol. The van der Waals surface area contributed by atoms with Crippen LogP contribution in [0, 0.1) is 13.8 Å². The fourth-order valence-corrected chi connectivity index (χ4v) is 12.5. The summed E-state index contributed by atoms with van der Waals surface area (Å²) >= 11 is 0. The third-order valence-corrected chi connectivity index (χ3v) is 16.6. The number of unbranched alkanes of at least 4 members (excludes halogenated alkanes) is 30. The molecule has 0 atom stereocenters. The third-order valence-electron chi connectivity index (χ3n) is 14.7. The number of rotatable bonds is 43. The van der Waals surface area contributed by atoms with Gasteiger partial charge in [0, 0.05) is 0 Å². The summed E-state index contributed by atoms with van der Waals surface area (Å²) in [5.41, 5.74) is 2.96. The summed E-state index contributed by atoms with van der Waals surface area (Å²) in [4.78, 5) is 62.0. The van der Waals surface area contributed by atoms with Gasteiger partial charge in [-0.15, -0.1) is 0 Å². The first-order chi connectivity index (χ1) is 34.7. The molecule has 0 bridgehead atoms. The number of benzene rings is 2. The van der Waals surface area contributed by atoms with E-state index in [-0.39, 0.29) is 35.8 Å². The molecule has 0 saturated heterocycles. The van der Waals surface area contributed by atoms with E-state index in [0.717, 1.165) is 36.8 Å². The molecule has 8 nitrogen and oxygen atoms in total.